The molecule has 0 bridgehead atoms. The number of hydrogen-bond donors (Lipinski definition) is 0. The Bertz CT molecular complexity index is 935. The Hall–Kier alpha value is -1.55. The molecule has 0 amide bonds. The van der Waals surface area contributed by atoms with E-state index in [2.05, 4.69) is 0 Å². The van der Waals surface area contributed by atoms with Gasteiger partial charge in [-0.25, -0.2) is 9.59 Å². The molecule has 3 fully saturated rings. The lowest BCUT2D eigenvalue weighted by molar-refractivity contribution is -0.231. The van der Waals surface area contributed by atoms with Gasteiger partial charge in [-0.05, 0) is 68.1 Å². The second kappa shape index (κ2) is 9.08. The Morgan fingerprint density at radius 2 is 1.89 bits per heavy atom. The third-order valence-electron chi connectivity index (χ3n) is 9.42. The number of thioether (sulfide) groups is 1. The number of halogens is 3. The van der Waals surface area contributed by atoms with Gasteiger partial charge in [-0.3, -0.25) is 4.79 Å². The minimum atomic E-state index is -5.13. The minimum Gasteiger partial charge on any atom is -0.467 e. The molecule has 196 valence electrons. The summed E-state index contributed by atoms with van der Waals surface area (Å²) < 4.78 is 56.6. The zero-order valence-electron chi connectivity index (χ0n) is 20.5. The van der Waals surface area contributed by atoms with E-state index in [1.807, 2.05) is 20.1 Å². The fraction of sp³-hybridized carbons (Fsp3) is 0.800. The topological polar surface area (TPSA) is 78.9 Å². The molecular weight excluding hydrogens is 485 g/mol. The number of hydrogen-bond acceptors (Lipinski definition) is 7. The highest BCUT2D eigenvalue weighted by Gasteiger charge is 2.71. The molecule has 0 radical (unpaired) electrons. The molecule has 4 rings (SSSR count). The zero-order valence-corrected chi connectivity index (χ0v) is 21.4. The van der Waals surface area contributed by atoms with Crippen LogP contribution in [0.1, 0.15) is 58.8 Å². The molecule has 4 aliphatic carbocycles. The first-order valence-electron chi connectivity index (χ1n) is 12.1. The number of allylic oxidation sites excluding steroid dienone is 1. The lowest BCUT2D eigenvalue weighted by Crippen LogP contribution is -2.63. The monoisotopic (exact) mass is 518 g/mol. The van der Waals surface area contributed by atoms with Crippen LogP contribution >= 0.6 is 11.8 Å². The predicted molar refractivity (Wildman–Crippen MR) is 122 cm³/mol. The molecule has 0 aromatic rings. The van der Waals surface area contributed by atoms with Crippen molar-refractivity contribution in [2.45, 2.75) is 76.7 Å². The van der Waals surface area contributed by atoms with Gasteiger partial charge in [-0.15, -0.1) is 11.8 Å². The Labute approximate surface area is 207 Å². The van der Waals surface area contributed by atoms with E-state index in [9.17, 15) is 27.6 Å². The van der Waals surface area contributed by atoms with E-state index in [-0.39, 0.29) is 35.9 Å². The number of carbonyl (C=O) groups excluding carboxylic acids is 3. The average molecular weight is 519 g/mol. The van der Waals surface area contributed by atoms with Gasteiger partial charge in [-0.2, -0.15) is 13.2 Å². The molecule has 4 aliphatic rings. The summed E-state index contributed by atoms with van der Waals surface area (Å²) >= 11 is 1.40. The van der Waals surface area contributed by atoms with Crippen molar-refractivity contribution in [1.29, 1.82) is 0 Å². The molecule has 0 heterocycles. The molecule has 0 spiro atoms. The zero-order chi connectivity index (χ0) is 25.8. The summed E-state index contributed by atoms with van der Waals surface area (Å²) in [7, 11) is 1.29. The molecule has 35 heavy (non-hydrogen) atoms. The minimum absolute atomic E-state index is 0.0229. The largest absolute Gasteiger partial charge is 0.490 e. The normalized spacial score (nSPS) is 40.8. The Kier molecular flexibility index (Phi) is 6.88. The highest BCUT2D eigenvalue weighted by Crippen LogP contribution is 2.69. The van der Waals surface area contributed by atoms with Crippen LogP contribution in [-0.2, 0) is 28.6 Å². The Balaban J connectivity index is 1.81. The van der Waals surface area contributed by atoms with Crippen LogP contribution in [0.2, 0.25) is 0 Å². The average Bonchev–Trinajstić information content (AvgIpc) is 3.09. The van der Waals surface area contributed by atoms with Gasteiger partial charge in [0.05, 0.1) is 13.0 Å². The predicted octanol–water partition coefficient (Wildman–Crippen LogP) is 4.85. The molecule has 0 aromatic heterocycles. The first-order chi connectivity index (χ1) is 16.3. The van der Waals surface area contributed by atoms with E-state index in [0.29, 0.717) is 38.5 Å². The summed E-state index contributed by atoms with van der Waals surface area (Å²) in [5, 5.41) is 0. The van der Waals surface area contributed by atoms with Crippen LogP contribution in [-0.4, -0.2) is 54.9 Å². The van der Waals surface area contributed by atoms with Gasteiger partial charge in [0.1, 0.15) is 6.10 Å². The maximum absolute atomic E-state index is 13.3. The standard InChI is InChI=1S/C25H33F3O6S/c1-22-9-7-15(29)11-14(22)5-6-16-17-8-10-24(20(30)32-3,33-13-35-4)23(17,2)12-18(19(16)22)34-21(31)25(26,27)28/h11,16-19H,5-10,12-13H2,1-4H3/t16-,17-,18-,19+,22-,23-,24-/m0/s1. The van der Waals surface area contributed by atoms with E-state index in [4.69, 9.17) is 14.2 Å². The lowest BCUT2D eigenvalue weighted by Gasteiger charge is -2.61. The summed E-state index contributed by atoms with van der Waals surface area (Å²) in [4.78, 5) is 37.4. The third-order valence-corrected chi connectivity index (χ3v) is 9.78. The van der Waals surface area contributed by atoms with Crippen LogP contribution in [0.25, 0.3) is 0 Å². The summed E-state index contributed by atoms with van der Waals surface area (Å²) in [5.74, 6) is -3.00. The fourth-order valence-electron chi connectivity index (χ4n) is 7.91. The molecule has 10 heteroatoms. The number of ether oxygens (including phenoxy) is 3. The van der Waals surface area contributed by atoms with Crippen molar-refractivity contribution in [3.63, 3.8) is 0 Å². The highest BCUT2D eigenvalue weighted by molar-refractivity contribution is 7.98. The lowest BCUT2D eigenvalue weighted by atomic mass is 9.45. The molecule has 3 saturated carbocycles. The van der Waals surface area contributed by atoms with Crippen LogP contribution < -0.4 is 0 Å². The van der Waals surface area contributed by atoms with Gasteiger partial charge in [0, 0.05) is 17.8 Å². The molecule has 0 N–H and O–H groups in total. The third kappa shape index (κ3) is 4.03. The van der Waals surface area contributed by atoms with Crippen molar-refractivity contribution in [2.75, 3.05) is 19.3 Å². The first kappa shape index (κ1) is 26.5. The summed E-state index contributed by atoms with van der Waals surface area (Å²) in [6.45, 7) is 3.87. The summed E-state index contributed by atoms with van der Waals surface area (Å²) in [5.41, 5.74) is -1.83. The molecular formula is C25H33F3O6S. The Morgan fingerprint density at radius 1 is 1.17 bits per heavy atom. The van der Waals surface area contributed by atoms with E-state index in [0.717, 1.165) is 5.57 Å². The van der Waals surface area contributed by atoms with Crippen molar-refractivity contribution >= 4 is 29.5 Å². The van der Waals surface area contributed by atoms with Crippen molar-refractivity contribution in [2.24, 2.45) is 28.6 Å². The van der Waals surface area contributed by atoms with Crippen LogP contribution in [0.4, 0.5) is 13.2 Å². The molecule has 0 aromatic carbocycles. The number of methoxy groups -OCH3 is 1. The SMILES string of the molecule is COC(=O)[C@@]1(OCSC)CC[C@H]2[C@@H]3CCC4=CC(=O)CC[C@]4(C)[C@H]3[C@@H](OC(=O)C(F)(F)F)C[C@@]21C. The van der Waals surface area contributed by atoms with Gasteiger partial charge in [0.25, 0.3) is 0 Å². The van der Waals surface area contributed by atoms with Crippen LogP contribution in [0.15, 0.2) is 11.6 Å². The maximum atomic E-state index is 13.3. The molecule has 0 unspecified atom stereocenters. The molecule has 7 atom stereocenters. The number of carbonyl (C=O) groups is 3. The van der Waals surface area contributed by atoms with Crippen molar-refractivity contribution < 1.29 is 41.8 Å². The highest BCUT2D eigenvalue weighted by atomic mass is 32.2. The summed E-state index contributed by atoms with van der Waals surface area (Å²) in [6, 6.07) is 0. The smallest absolute Gasteiger partial charge is 0.467 e. The second-order valence-electron chi connectivity index (χ2n) is 10.9. The summed E-state index contributed by atoms with van der Waals surface area (Å²) in [6.07, 6.45) is 0.522. The van der Waals surface area contributed by atoms with Crippen LogP contribution in [0.5, 0.6) is 0 Å². The number of esters is 2. The van der Waals surface area contributed by atoms with Crippen LogP contribution in [0.3, 0.4) is 0 Å². The van der Waals surface area contributed by atoms with E-state index >= 15 is 0 Å². The Morgan fingerprint density at radius 3 is 2.51 bits per heavy atom. The quantitative estimate of drug-likeness (QED) is 0.380. The van der Waals surface area contributed by atoms with Gasteiger partial charge in [-0.1, -0.05) is 19.4 Å². The molecule has 6 nitrogen and oxygen atoms in total. The number of ketones is 1. The van der Waals surface area contributed by atoms with Gasteiger partial charge >= 0.3 is 18.1 Å². The van der Waals surface area contributed by atoms with Gasteiger partial charge in [0.2, 0.25) is 0 Å². The second-order valence-corrected chi connectivity index (χ2v) is 11.7. The molecule has 0 saturated heterocycles. The van der Waals surface area contributed by atoms with Crippen molar-refractivity contribution in [1.82, 2.24) is 0 Å². The van der Waals surface area contributed by atoms with Gasteiger partial charge in [0.15, 0.2) is 11.4 Å². The van der Waals surface area contributed by atoms with Crippen LogP contribution in [0, 0.1) is 28.6 Å². The number of alkyl halides is 3. The van der Waals surface area contributed by atoms with Crippen molar-refractivity contribution in [3.05, 3.63) is 11.6 Å². The van der Waals surface area contributed by atoms with E-state index in [1.165, 1.54) is 18.9 Å². The molecule has 0 aliphatic heterocycles. The van der Waals surface area contributed by atoms with E-state index in [1.54, 1.807) is 6.08 Å². The maximum Gasteiger partial charge on any atom is 0.490 e. The van der Waals surface area contributed by atoms with Crippen molar-refractivity contribution in [3.8, 4) is 0 Å². The number of rotatable bonds is 5. The number of fused-ring (bicyclic) bond motifs is 5. The van der Waals surface area contributed by atoms with E-state index < -0.39 is 40.6 Å². The fourth-order valence-corrected chi connectivity index (χ4v) is 8.23. The first-order valence-corrected chi connectivity index (χ1v) is 13.5. The van der Waals surface area contributed by atoms with Gasteiger partial charge < -0.3 is 14.2 Å².